The highest BCUT2D eigenvalue weighted by Crippen LogP contribution is 2.23. The zero-order valence-electron chi connectivity index (χ0n) is 7.99. The maximum absolute atomic E-state index is 5.89. The van der Waals surface area contributed by atoms with Crippen molar-refractivity contribution in [1.82, 2.24) is 4.57 Å². The van der Waals surface area contributed by atoms with Gasteiger partial charge in [-0.05, 0) is 23.9 Å². The number of nitrogens with two attached hydrogens (primary N) is 1. The molecule has 68 valence electrons. The number of aryl methyl sites for hydroxylation is 1. The molecule has 0 spiro atoms. The van der Waals surface area contributed by atoms with Crippen LogP contribution in [0.3, 0.4) is 0 Å². The zero-order valence-corrected chi connectivity index (χ0v) is 7.99. The topological polar surface area (TPSA) is 30.9 Å². The van der Waals surface area contributed by atoms with Gasteiger partial charge in [-0.25, -0.2) is 0 Å². The van der Waals surface area contributed by atoms with E-state index in [1.165, 1.54) is 16.5 Å². The predicted molar refractivity (Wildman–Crippen MR) is 55.5 cm³/mol. The zero-order chi connectivity index (χ0) is 9.42. The average molecular weight is 174 g/mol. The van der Waals surface area contributed by atoms with Crippen molar-refractivity contribution in [1.29, 1.82) is 0 Å². The number of nitrogens with zero attached hydrogens (tertiary/aromatic N) is 1. The summed E-state index contributed by atoms with van der Waals surface area (Å²) in [7, 11) is 2.05. The van der Waals surface area contributed by atoms with Crippen molar-refractivity contribution >= 4 is 10.9 Å². The molecule has 0 aliphatic carbocycles. The summed E-state index contributed by atoms with van der Waals surface area (Å²) in [6.07, 6.45) is 2.07. The largest absolute Gasteiger partial charge is 0.350 e. The van der Waals surface area contributed by atoms with E-state index >= 15 is 0 Å². The summed E-state index contributed by atoms with van der Waals surface area (Å²) in [4.78, 5) is 0. The summed E-state index contributed by atoms with van der Waals surface area (Å²) in [5.74, 6) is 0. The first kappa shape index (κ1) is 8.32. The molecule has 2 aromatic rings. The van der Waals surface area contributed by atoms with Gasteiger partial charge < -0.3 is 10.3 Å². The van der Waals surface area contributed by atoms with E-state index in [1.807, 2.05) is 14.0 Å². The number of hydrogen-bond donors (Lipinski definition) is 1. The molecule has 0 aliphatic rings. The minimum Gasteiger partial charge on any atom is -0.350 e. The van der Waals surface area contributed by atoms with Crippen molar-refractivity contribution in [3.63, 3.8) is 0 Å². The molecule has 1 aromatic heterocycles. The van der Waals surface area contributed by atoms with E-state index in [-0.39, 0.29) is 6.04 Å². The molecule has 1 heterocycles. The summed E-state index contributed by atoms with van der Waals surface area (Å²) < 4.78 is 2.12. The molecular weight excluding hydrogens is 160 g/mol. The Kier molecular flexibility index (Phi) is 1.85. The molecule has 0 amide bonds. The number of rotatable bonds is 1. The van der Waals surface area contributed by atoms with Gasteiger partial charge in [-0.3, -0.25) is 0 Å². The SMILES string of the molecule is CC(N)c1cccc2ccn(C)c12. The second kappa shape index (κ2) is 2.89. The summed E-state index contributed by atoms with van der Waals surface area (Å²) in [5, 5.41) is 1.26. The minimum atomic E-state index is 0.0947. The molecule has 2 rings (SSSR count). The Morgan fingerprint density at radius 1 is 1.31 bits per heavy atom. The van der Waals surface area contributed by atoms with Crippen molar-refractivity contribution < 1.29 is 0 Å². The van der Waals surface area contributed by atoms with Crippen LogP contribution < -0.4 is 5.73 Å². The highest BCUT2D eigenvalue weighted by molar-refractivity contribution is 5.83. The van der Waals surface area contributed by atoms with Gasteiger partial charge in [0.2, 0.25) is 0 Å². The van der Waals surface area contributed by atoms with Crippen molar-refractivity contribution in [2.75, 3.05) is 0 Å². The summed E-state index contributed by atoms with van der Waals surface area (Å²) in [5.41, 5.74) is 8.36. The monoisotopic (exact) mass is 174 g/mol. The van der Waals surface area contributed by atoms with Gasteiger partial charge >= 0.3 is 0 Å². The van der Waals surface area contributed by atoms with Crippen molar-refractivity contribution in [3.8, 4) is 0 Å². The molecule has 0 bridgehead atoms. The number of hydrogen-bond acceptors (Lipinski definition) is 1. The molecule has 0 saturated heterocycles. The molecule has 2 nitrogen and oxygen atoms in total. The van der Waals surface area contributed by atoms with Gasteiger partial charge in [0.15, 0.2) is 0 Å². The van der Waals surface area contributed by atoms with Crippen LogP contribution in [0.4, 0.5) is 0 Å². The molecule has 1 atom stereocenters. The number of aromatic nitrogens is 1. The van der Waals surface area contributed by atoms with E-state index < -0.39 is 0 Å². The van der Waals surface area contributed by atoms with Crippen molar-refractivity contribution in [2.24, 2.45) is 12.8 Å². The Morgan fingerprint density at radius 2 is 2.08 bits per heavy atom. The molecule has 0 saturated carbocycles. The van der Waals surface area contributed by atoms with Gasteiger partial charge in [-0.15, -0.1) is 0 Å². The van der Waals surface area contributed by atoms with Crippen LogP contribution in [0, 0.1) is 0 Å². The Morgan fingerprint density at radius 3 is 2.77 bits per heavy atom. The second-order valence-electron chi connectivity index (χ2n) is 3.50. The molecule has 0 aliphatic heterocycles. The van der Waals surface area contributed by atoms with Gasteiger partial charge in [-0.1, -0.05) is 18.2 Å². The van der Waals surface area contributed by atoms with Gasteiger partial charge in [0.25, 0.3) is 0 Å². The van der Waals surface area contributed by atoms with E-state index in [4.69, 9.17) is 5.73 Å². The molecular formula is C11H14N2. The van der Waals surface area contributed by atoms with Crippen LogP contribution in [0.5, 0.6) is 0 Å². The smallest absolute Gasteiger partial charge is 0.0525 e. The van der Waals surface area contributed by atoms with Crippen LogP contribution in [-0.4, -0.2) is 4.57 Å². The lowest BCUT2D eigenvalue weighted by Crippen LogP contribution is -2.06. The predicted octanol–water partition coefficient (Wildman–Crippen LogP) is 2.20. The maximum Gasteiger partial charge on any atom is 0.0525 e. The van der Waals surface area contributed by atoms with Crippen molar-refractivity contribution in [3.05, 3.63) is 36.0 Å². The summed E-state index contributed by atoms with van der Waals surface area (Å²) >= 11 is 0. The fraction of sp³-hybridized carbons (Fsp3) is 0.273. The minimum absolute atomic E-state index is 0.0947. The standard InChI is InChI=1S/C11H14N2/c1-8(12)10-5-3-4-9-6-7-13(2)11(9)10/h3-8H,12H2,1-2H3. The third-order valence-electron chi connectivity index (χ3n) is 2.42. The van der Waals surface area contributed by atoms with Crippen LogP contribution in [-0.2, 0) is 7.05 Å². The van der Waals surface area contributed by atoms with Crippen LogP contribution >= 0.6 is 0 Å². The Hall–Kier alpha value is -1.28. The highest BCUT2D eigenvalue weighted by Gasteiger charge is 2.06. The Bertz CT molecular complexity index is 427. The fourth-order valence-corrected chi connectivity index (χ4v) is 1.76. The first-order valence-electron chi connectivity index (χ1n) is 4.49. The quantitative estimate of drug-likeness (QED) is 0.706. The van der Waals surface area contributed by atoms with Crippen LogP contribution in [0.2, 0.25) is 0 Å². The second-order valence-corrected chi connectivity index (χ2v) is 3.50. The van der Waals surface area contributed by atoms with E-state index in [9.17, 15) is 0 Å². The van der Waals surface area contributed by atoms with Crippen LogP contribution in [0.25, 0.3) is 10.9 Å². The van der Waals surface area contributed by atoms with Gasteiger partial charge in [-0.2, -0.15) is 0 Å². The van der Waals surface area contributed by atoms with Crippen molar-refractivity contribution in [2.45, 2.75) is 13.0 Å². The van der Waals surface area contributed by atoms with E-state index in [0.717, 1.165) is 0 Å². The lowest BCUT2D eigenvalue weighted by Gasteiger charge is -2.09. The fourth-order valence-electron chi connectivity index (χ4n) is 1.76. The molecule has 0 fully saturated rings. The normalized spacial score (nSPS) is 13.5. The third kappa shape index (κ3) is 1.23. The highest BCUT2D eigenvalue weighted by atomic mass is 14.9. The maximum atomic E-state index is 5.89. The Labute approximate surface area is 78.0 Å². The van der Waals surface area contributed by atoms with Gasteiger partial charge in [0.05, 0.1) is 5.52 Å². The first-order valence-corrected chi connectivity index (χ1v) is 4.49. The molecule has 0 radical (unpaired) electrons. The van der Waals surface area contributed by atoms with E-state index in [1.54, 1.807) is 0 Å². The number of benzene rings is 1. The lowest BCUT2D eigenvalue weighted by molar-refractivity contribution is 0.814. The molecule has 2 heteroatoms. The summed E-state index contributed by atoms with van der Waals surface area (Å²) in [6.45, 7) is 2.02. The lowest BCUT2D eigenvalue weighted by atomic mass is 10.1. The first-order chi connectivity index (χ1) is 6.20. The molecule has 2 N–H and O–H groups in total. The van der Waals surface area contributed by atoms with Crippen LogP contribution in [0.1, 0.15) is 18.5 Å². The molecule has 1 unspecified atom stereocenters. The van der Waals surface area contributed by atoms with Crippen LogP contribution in [0.15, 0.2) is 30.5 Å². The summed E-state index contributed by atoms with van der Waals surface area (Å²) in [6, 6.07) is 8.47. The third-order valence-corrected chi connectivity index (χ3v) is 2.42. The average Bonchev–Trinajstić information content (AvgIpc) is 2.48. The Balaban J connectivity index is 2.80. The van der Waals surface area contributed by atoms with Gasteiger partial charge in [0.1, 0.15) is 0 Å². The molecule has 13 heavy (non-hydrogen) atoms. The van der Waals surface area contributed by atoms with Gasteiger partial charge in [0, 0.05) is 19.3 Å². The number of para-hydroxylation sites is 1. The molecule has 1 aromatic carbocycles. The van der Waals surface area contributed by atoms with E-state index in [2.05, 4.69) is 35.0 Å². The van der Waals surface area contributed by atoms with E-state index in [0.29, 0.717) is 0 Å². The number of fused-ring (bicyclic) bond motifs is 1.